The molecule has 0 atom stereocenters. The van der Waals surface area contributed by atoms with Gasteiger partial charge in [0, 0.05) is 16.8 Å². The highest BCUT2D eigenvalue weighted by molar-refractivity contribution is 6.34. The van der Waals surface area contributed by atoms with E-state index < -0.39 is 5.82 Å². The smallest absolute Gasteiger partial charge is 0.256 e. The van der Waals surface area contributed by atoms with E-state index in [0.29, 0.717) is 11.1 Å². The zero-order valence-electron chi connectivity index (χ0n) is 10.8. The maximum atomic E-state index is 13.7. The van der Waals surface area contributed by atoms with Crippen LogP contribution in [0.3, 0.4) is 0 Å². The Bertz CT molecular complexity index is 722. The minimum absolute atomic E-state index is 0.178. The fourth-order valence-corrected chi connectivity index (χ4v) is 2.22. The summed E-state index contributed by atoms with van der Waals surface area (Å²) in [7, 11) is 1.41. The molecule has 100 valence electrons. The lowest BCUT2D eigenvalue weighted by atomic mass is 10.0. The van der Waals surface area contributed by atoms with Crippen LogP contribution < -0.4 is 10.1 Å². The van der Waals surface area contributed by atoms with Gasteiger partial charge in [0.2, 0.25) is 0 Å². The van der Waals surface area contributed by atoms with Gasteiger partial charge in [-0.1, -0.05) is 24.3 Å². The summed E-state index contributed by atoms with van der Waals surface area (Å²) in [5, 5.41) is 2.78. The van der Waals surface area contributed by atoms with Crippen molar-refractivity contribution in [1.82, 2.24) is 0 Å². The number of carbonyl (C=O) groups is 1. The van der Waals surface area contributed by atoms with Gasteiger partial charge < -0.3 is 10.1 Å². The molecule has 0 unspecified atom stereocenters. The molecule has 1 amide bonds. The lowest BCUT2D eigenvalue weighted by Crippen LogP contribution is -2.03. The van der Waals surface area contributed by atoms with Crippen molar-refractivity contribution in [2.24, 2.45) is 0 Å². The van der Waals surface area contributed by atoms with Crippen molar-refractivity contribution < 1.29 is 13.9 Å². The molecule has 4 heteroatoms. The number of methoxy groups -OCH3 is 1. The Kier molecular flexibility index (Phi) is 2.99. The fraction of sp³-hybridized carbons (Fsp3) is 0.0625. The summed E-state index contributed by atoms with van der Waals surface area (Å²) in [4.78, 5) is 11.9. The Balaban J connectivity index is 2.04. The molecule has 0 saturated heterocycles. The van der Waals surface area contributed by atoms with Crippen molar-refractivity contribution in [3.05, 3.63) is 59.4 Å². The van der Waals surface area contributed by atoms with E-state index in [1.807, 2.05) is 24.3 Å². The molecule has 1 N–H and O–H groups in total. The van der Waals surface area contributed by atoms with Crippen molar-refractivity contribution in [2.45, 2.75) is 0 Å². The van der Waals surface area contributed by atoms with Crippen LogP contribution in [0.5, 0.6) is 5.75 Å². The number of anilines is 1. The van der Waals surface area contributed by atoms with Gasteiger partial charge in [0.25, 0.3) is 5.91 Å². The van der Waals surface area contributed by atoms with Crippen LogP contribution in [0, 0.1) is 5.82 Å². The van der Waals surface area contributed by atoms with E-state index in [1.165, 1.54) is 13.2 Å². The number of rotatable bonds is 2. The molecule has 0 saturated carbocycles. The predicted octanol–water partition coefficient (Wildman–Crippen LogP) is 3.33. The summed E-state index contributed by atoms with van der Waals surface area (Å²) in [6.45, 7) is 0. The van der Waals surface area contributed by atoms with Gasteiger partial charge in [-0.15, -0.1) is 0 Å². The number of benzene rings is 2. The number of nitrogens with one attached hydrogen (secondary N) is 1. The number of hydrogen-bond acceptors (Lipinski definition) is 2. The van der Waals surface area contributed by atoms with Crippen molar-refractivity contribution in [3.8, 4) is 5.75 Å². The second-order valence-corrected chi connectivity index (χ2v) is 4.45. The SMILES string of the molecule is COc1ccc(/C=C2/C(=O)Nc3ccccc32)cc1F. The summed E-state index contributed by atoms with van der Waals surface area (Å²) >= 11 is 0. The summed E-state index contributed by atoms with van der Waals surface area (Å²) in [6, 6.07) is 12.0. The van der Waals surface area contributed by atoms with E-state index in [1.54, 1.807) is 18.2 Å². The molecule has 0 fully saturated rings. The Morgan fingerprint density at radius 3 is 2.75 bits per heavy atom. The Hall–Kier alpha value is -2.62. The van der Waals surface area contributed by atoms with Gasteiger partial charge >= 0.3 is 0 Å². The third-order valence-electron chi connectivity index (χ3n) is 3.20. The minimum Gasteiger partial charge on any atom is -0.494 e. The molecule has 20 heavy (non-hydrogen) atoms. The first-order valence-electron chi connectivity index (χ1n) is 6.15. The Morgan fingerprint density at radius 2 is 2.00 bits per heavy atom. The second kappa shape index (κ2) is 4.81. The van der Waals surface area contributed by atoms with Crippen LogP contribution in [0.2, 0.25) is 0 Å². The maximum absolute atomic E-state index is 13.7. The van der Waals surface area contributed by atoms with Gasteiger partial charge in [0.05, 0.1) is 7.11 Å². The third kappa shape index (κ3) is 2.05. The van der Waals surface area contributed by atoms with Crippen LogP contribution in [0.4, 0.5) is 10.1 Å². The van der Waals surface area contributed by atoms with Crippen LogP contribution in [0.25, 0.3) is 11.6 Å². The molecule has 1 heterocycles. The monoisotopic (exact) mass is 269 g/mol. The van der Waals surface area contributed by atoms with Crippen LogP contribution in [0.15, 0.2) is 42.5 Å². The van der Waals surface area contributed by atoms with Crippen molar-refractivity contribution in [1.29, 1.82) is 0 Å². The molecule has 0 aliphatic carbocycles. The van der Waals surface area contributed by atoms with Crippen molar-refractivity contribution >= 4 is 23.2 Å². The summed E-state index contributed by atoms with van der Waals surface area (Å²) in [6.07, 6.45) is 1.67. The molecular formula is C16H12FNO2. The van der Waals surface area contributed by atoms with Gasteiger partial charge in [-0.2, -0.15) is 0 Å². The average Bonchev–Trinajstić information content (AvgIpc) is 2.76. The number of ether oxygens (including phenoxy) is 1. The molecule has 0 spiro atoms. The predicted molar refractivity (Wildman–Crippen MR) is 75.9 cm³/mol. The molecule has 0 aromatic heterocycles. The van der Waals surface area contributed by atoms with Crippen LogP contribution in [-0.4, -0.2) is 13.0 Å². The lowest BCUT2D eigenvalue weighted by molar-refractivity contribution is -0.110. The second-order valence-electron chi connectivity index (χ2n) is 4.45. The zero-order valence-corrected chi connectivity index (χ0v) is 10.8. The number of hydrogen-bond donors (Lipinski definition) is 1. The first-order valence-corrected chi connectivity index (χ1v) is 6.15. The highest BCUT2D eigenvalue weighted by Crippen LogP contribution is 2.33. The molecule has 0 bridgehead atoms. The van der Waals surface area contributed by atoms with Crippen LogP contribution in [-0.2, 0) is 4.79 Å². The van der Waals surface area contributed by atoms with Gasteiger partial charge in [-0.25, -0.2) is 4.39 Å². The first-order chi connectivity index (χ1) is 9.69. The Morgan fingerprint density at radius 1 is 1.20 bits per heavy atom. The number of amides is 1. The zero-order chi connectivity index (χ0) is 14.1. The average molecular weight is 269 g/mol. The number of carbonyl (C=O) groups excluding carboxylic acids is 1. The highest BCUT2D eigenvalue weighted by Gasteiger charge is 2.23. The molecular weight excluding hydrogens is 257 g/mol. The Labute approximate surface area is 115 Å². The topological polar surface area (TPSA) is 38.3 Å². The first kappa shape index (κ1) is 12.4. The molecule has 2 aromatic carbocycles. The van der Waals surface area contributed by atoms with Gasteiger partial charge in [-0.05, 0) is 29.8 Å². The quantitative estimate of drug-likeness (QED) is 0.849. The standard InChI is InChI=1S/C16H12FNO2/c1-20-15-7-6-10(9-13(15)17)8-12-11-4-2-3-5-14(11)18-16(12)19/h2-9H,1H3,(H,18,19)/b12-8+. The van der Waals surface area contributed by atoms with Gasteiger partial charge in [0.1, 0.15) is 0 Å². The van der Waals surface area contributed by atoms with Crippen LogP contribution in [0.1, 0.15) is 11.1 Å². The van der Waals surface area contributed by atoms with Crippen molar-refractivity contribution in [2.75, 3.05) is 12.4 Å². The molecule has 2 aromatic rings. The van der Waals surface area contributed by atoms with E-state index >= 15 is 0 Å². The maximum Gasteiger partial charge on any atom is 0.256 e. The normalized spacial score (nSPS) is 15.1. The summed E-state index contributed by atoms with van der Waals surface area (Å²) in [5.41, 5.74) is 2.75. The highest BCUT2D eigenvalue weighted by atomic mass is 19.1. The lowest BCUT2D eigenvalue weighted by Gasteiger charge is -2.03. The van der Waals surface area contributed by atoms with Crippen molar-refractivity contribution in [3.63, 3.8) is 0 Å². The summed E-state index contributed by atoms with van der Waals surface area (Å²) < 4.78 is 18.5. The number of para-hydroxylation sites is 1. The molecule has 0 radical (unpaired) electrons. The van der Waals surface area contributed by atoms with Gasteiger partial charge in [0.15, 0.2) is 11.6 Å². The van der Waals surface area contributed by atoms with E-state index in [-0.39, 0.29) is 11.7 Å². The number of fused-ring (bicyclic) bond motifs is 1. The van der Waals surface area contributed by atoms with E-state index in [4.69, 9.17) is 4.74 Å². The molecule has 1 aliphatic heterocycles. The minimum atomic E-state index is -0.450. The summed E-state index contributed by atoms with van der Waals surface area (Å²) in [5.74, 6) is -0.445. The molecule has 3 nitrogen and oxygen atoms in total. The van der Waals surface area contributed by atoms with E-state index in [0.717, 1.165) is 11.3 Å². The van der Waals surface area contributed by atoms with E-state index in [9.17, 15) is 9.18 Å². The van der Waals surface area contributed by atoms with Crippen LogP contribution >= 0.6 is 0 Å². The van der Waals surface area contributed by atoms with Gasteiger partial charge in [-0.3, -0.25) is 4.79 Å². The largest absolute Gasteiger partial charge is 0.494 e. The molecule has 3 rings (SSSR count). The number of halogens is 1. The third-order valence-corrected chi connectivity index (χ3v) is 3.20. The molecule has 1 aliphatic rings. The fourth-order valence-electron chi connectivity index (χ4n) is 2.22. The van der Waals surface area contributed by atoms with E-state index in [2.05, 4.69) is 5.32 Å².